The van der Waals surface area contributed by atoms with E-state index in [-0.39, 0.29) is 0 Å². The Labute approximate surface area is 382 Å². The average molecular weight is 840 g/mol. The Balaban J connectivity index is 0.886. The summed E-state index contributed by atoms with van der Waals surface area (Å²) in [6, 6.07) is 90.1. The Bertz CT molecular complexity index is 3840. The van der Waals surface area contributed by atoms with Crippen molar-refractivity contribution in [2.75, 3.05) is 0 Å². The summed E-state index contributed by atoms with van der Waals surface area (Å²) in [5.41, 5.74) is 19.6. The van der Waals surface area contributed by atoms with Crippen LogP contribution in [0.4, 0.5) is 0 Å². The van der Waals surface area contributed by atoms with Crippen LogP contribution >= 0.6 is 0 Å². The smallest absolute Gasteiger partial charge is 0.143 e. The average Bonchev–Trinajstić information content (AvgIpc) is 3.95. The topological polar surface area (TPSA) is 18.1 Å². The molecule has 0 amide bonds. The Morgan fingerprint density at radius 1 is 0.258 bits per heavy atom. The van der Waals surface area contributed by atoms with E-state index in [0.29, 0.717) is 0 Å². The number of rotatable bonds is 7. The summed E-state index contributed by atoms with van der Waals surface area (Å²) in [5.74, 6) is 0. The zero-order valence-corrected chi connectivity index (χ0v) is 36.0. The van der Waals surface area contributed by atoms with E-state index in [1.165, 1.54) is 77.3 Å². The summed E-state index contributed by atoms with van der Waals surface area (Å²) in [6.45, 7) is 0. The van der Waals surface area contributed by atoms with Crippen molar-refractivity contribution < 1.29 is 4.42 Å². The molecule has 0 aliphatic heterocycles. The molecule has 0 N–H and O–H groups in total. The molecule has 0 atom stereocenters. The number of furan rings is 1. The fraction of sp³-hybridized carbons (Fsp3) is 0. The van der Waals surface area contributed by atoms with Gasteiger partial charge in [-0.2, -0.15) is 0 Å². The van der Waals surface area contributed by atoms with Gasteiger partial charge in [0.2, 0.25) is 0 Å². The minimum atomic E-state index is 0.883. The maximum absolute atomic E-state index is 6.81. The molecule has 0 spiro atoms. The largest absolute Gasteiger partial charge is 0.455 e. The quantitative estimate of drug-likeness (QED) is 0.156. The normalized spacial score (nSPS) is 11.6. The summed E-state index contributed by atoms with van der Waals surface area (Å²) in [4.78, 5) is 0. The molecule has 0 saturated heterocycles. The van der Waals surface area contributed by atoms with Gasteiger partial charge < -0.3 is 8.98 Å². The Hall–Kier alpha value is -8.72. The van der Waals surface area contributed by atoms with Gasteiger partial charge in [-0.1, -0.05) is 188 Å². The number of hydrogen-bond donors (Lipinski definition) is 0. The maximum Gasteiger partial charge on any atom is 0.143 e. The van der Waals surface area contributed by atoms with Crippen LogP contribution in [0.5, 0.6) is 0 Å². The molecule has 13 rings (SSSR count). The molecule has 0 radical (unpaired) electrons. The van der Waals surface area contributed by atoms with Crippen molar-refractivity contribution in [3.63, 3.8) is 0 Å². The molecule has 66 heavy (non-hydrogen) atoms. The molecule has 0 bridgehead atoms. The van der Waals surface area contributed by atoms with Gasteiger partial charge in [-0.3, -0.25) is 0 Å². The molecule has 308 valence electrons. The molecule has 2 heteroatoms. The zero-order chi connectivity index (χ0) is 43.6. The van der Waals surface area contributed by atoms with E-state index in [2.05, 4.69) is 253 Å². The molecular formula is C64H41NO. The first kappa shape index (κ1) is 37.8. The van der Waals surface area contributed by atoms with E-state index >= 15 is 0 Å². The molecule has 0 aliphatic rings. The van der Waals surface area contributed by atoms with Gasteiger partial charge >= 0.3 is 0 Å². The van der Waals surface area contributed by atoms with Crippen LogP contribution in [0.15, 0.2) is 253 Å². The van der Waals surface area contributed by atoms with Gasteiger partial charge in [0.05, 0.1) is 11.0 Å². The van der Waals surface area contributed by atoms with Crippen LogP contribution in [0.25, 0.3) is 127 Å². The van der Waals surface area contributed by atoms with Gasteiger partial charge in [-0.25, -0.2) is 0 Å². The second-order valence-corrected chi connectivity index (χ2v) is 17.2. The van der Waals surface area contributed by atoms with Gasteiger partial charge in [0.25, 0.3) is 0 Å². The van der Waals surface area contributed by atoms with Crippen LogP contribution in [0.3, 0.4) is 0 Å². The van der Waals surface area contributed by atoms with E-state index in [0.717, 1.165) is 49.7 Å². The van der Waals surface area contributed by atoms with Crippen molar-refractivity contribution in [2.24, 2.45) is 0 Å². The Kier molecular flexibility index (Phi) is 8.89. The van der Waals surface area contributed by atoms with Crippen LogP contribution < -0.4 is 0 Å². The van der Waals surface area contributed by atoms with Gasteiger partial charge in [-0.15, -0.1) is 0 Å². The molecule has 2 heterocycles. The van der Waals surface area contributed by atoms with Crippen molar-refractivity contribution in [2.45, 2.75) is 0 Å². The van der Waals surface area contributed by atoms with Crippen LogP contribution in [-0.4, -0.2) is 4.57 Å². The number of nitrogens with zero attached hydrogens (tertiary/aromatic N) is 1. The monoisotopic (exact) mass is 839 g/mol. The number of aromatic nitrogens is 1. The van der Waals surface area contributed by atoms with E-state index < -0.39 is 0 Å². The number of fused-ring (bicyclic) bond motifs is 8. The van der Waals surface area contributed by atoms with E-state index in [9.17, 15) is 0 Å². The van der Waals surface area contributed by atoms with Crippen LogP contribution in [0, 0.1) is 0 Å². The number of hydrogen-bond acceptors (Lipinski definition) is 1. The lowest BCUT2D eigenvalue weighted by molar-refractivity contribution is 0.673. The Morgan fingerprint density at radius 3 is 1.33 bits per heavy atom. The Morgan fingerprint density at radius 2 is 0.712 bits per heavy atom. The van der Waals surface area contributed by atoms with Gasteiger partial charge in [0, 0.05) is 32.6 Å². The van der Waals surface area contributed by atoms with Crippen molar-refractivity contribution in [3.05, 3.63) is 249 Å². The highest BCUT2D eigenvalue weighted by atomic mass is 16.3. The van der Waals surface area contributed by atoms with Gasteiger partial charge in [-0.05, 0) is 133 Å². The lowest BCUT2D eigenvalue weighted by atomic mass is 9.91. The highest BCUT2D eigenvalue weighted by Crippen LogP contribution is 2.44. The van der Waals surface area contributed by atoms with E-state index in [1.54, 1.807) is 0 Å². The van der Waals surface area contributed by atoms with Gasteiger partial charge in [0.15, 0.2) is 0 Å². The standard InChI is InChI=1S/C64H41NO/c1-3-15-42(16-4-1)49-38-50(43-17-5-2-6-18-43)40-51(39-49)45-31-29-44(30-32-45)47-19-13-20-48(37-47)53-25-14-28-62-63(53)59-41-58(54-21-7-8-24-57(54)64(59)66-62)46-33-35-52(36-34-46)65-60-26-11-9-22-55(60)56-23-10-12-27-61(56)65/h1-41H. The fourth-order valence-corrected chi connectivity index (χ4v) is 10.2. The molecular weight excluding hydrogens is 799 g/mol. The maximum atomic E-state index is 6.81. The minimum absolute atomic E-state index is 0.883. The summed E-state index contributed by atoms with van der Waals surface area (Å²) in [6.07, 6.45) is 0. The number of benzene rings is 11. The molecule has 0 fully saturated rings. The van der Waals surface area contributed by atoms with Crippen molar-refractivity contribution in [3.8, 4) is 72.4 Å². The third kappa shape index (κ3) is 6.34. The first-order chi connectivity index (χ1) is 32.7. The van der Waals surface area contributed by atoms with Crippen molar-refractivity contribution >= 4 is 54.5 Å². The summed E-state index contributed by atoms with van der Waals surface area (Å²) >= 11 is 0. The molecule has 0 unspecified atom stereocenters. The molecule has 2 nitrogen and oxygen atoms in total. The van der Waals surface area contributed by atoms with Crippen molar-refractivity contribution in [1.82, 2.24) is 4.57 Å². The first-order valence-corrected chi connectivity index (χ1v) is 22.7. The minimum Gasteiger partial charge on any atom is -0.455 e. The fourth-order valence-electron chi connectivity index (χ4n) is 10.2. The first-order valence-electron chi connectivity index (χ1n) is 22.7. The lowest BCUT2D eigenvalue weighted by Crippen LogP contribution is -1.93. The zero-order valence-electron chi connectivity index (χ0n) is 36.0. The third-order valence-electron chi connectivity index (χ3n) is 13.4. The predicted octanol–water partition coefficient (Wildman–Crippen LogP) is 17.8. The highest BCUT2D eigenvalue weighted by molar-refractivity contribution is 6.22. The molecule has 13 aromatic rings. The second-order valence-electron chi connectivity index (χ2n) is 17.2. The summed E-state index contributed by atoms with van der Waals surface area (Å²) < 4.78 is 9.18. The number of para-hydroxylation sites is 2. The highest BCUT2D eigenvalue weighted by Gasteiger charge is 2.19. The summed E-state index contributed by atoms with van der Waals surface area (Å²) in [7, 11) is 0. The third-order valence-corrected chi connectivity index (χ3v) is 13.4. The van der Waals surface area contributed by atoms with Crippen LogP contribution in [0.1, 0.15) is 0 Å². The van der Waals surface area contributed by atoms with E-state index in [4.69, 9.17) is 4.42 Å². The predicted molar refractivity (Wildman–Crippen MR) is 278 cm³/mol. The van der Waals surface area contributed by atoms with Crippen molar-refractivity contribution in [1.29, 1.82) is 0 Å². The molecule has 2 aromatic heterocycles. The summed E-state index contributed by atoms with van der Waals surface area (Å²) in [5, 5.41) is 7.04. The van der Waals surface area contributed by atoms with Crippen LogP contribution in [-0.2, 0) is 0 Å². The lowest BCUT2D eigenvalue weighted by Gasteiger charge is -2.12. The molecule has 0 aliphatic carbocycles. The SMILES string of the molecule is c1ccc(-c2cc(-c3ccccc3)cc(-c3ccc(-c4cccc(-c5cccc6oc7c8ccccc8c(-c8ccc(-n9c%10ccccc%10c%10ccccc%109)cc8)cc7c56)c4)cc3)c2)cc1. The van der Waals surface area contributed by atoms with Crippen LogP contribution in [0.2, 0.25) is 0 Å². The van der Waals surface area contributed by atoms with Gasteiger partial charge in [0.1, 0.15) is 11.2 Å². The molecule has 11 aromatic carbocycles. The van der Waals surface area contributed by atoms with E-state index in [1.807, 2.05) is 0 Å². The molecule has 0 saturated carbocycles. The second kappa shape index (κ2) is 15.5.